The topological polar surface area (TPSA) is 68.3 Å². The minimum absolute atomic E-state index is 0.0000177. The Balaban J connectivity index is 1.28. The fourth-order valence-electron chi connectivity index (χ4n) is 8.99. The van der Waals surface area contributed by atoms with Gasteiger partial charge in [0.15, 0.2) is 11.5 Å². The van der Waals surface area contributed by atoms with E-state index in [0.29, 0.717) is 18.6 Å². The second kappa shape index (κ2) is 11.4. The fraction of sp³-hybridized carbons (Fsp3) is 0.421. The van der Waals surface area contributed by atoms with E-state index in [-0.39, 0.29) is 30.1 Å². The van der Waals surface area contributed by atoms with E-state index in [0.717, 1.165) is 54.8 Å². The molecule has 1 spiro atoms. The molecule has 0 radical (unpaired) electrons. The number of rotatable bonds is 8. The van der Waals surface area contributed by atoms with Crippen LogP contribution in [-0.4, -0.2) is 72.7 Å². The van der Waals surface area contributed by atoms with Gasteiger partial charge in [-0.25, -0.2) is 0 Å². The number of nitrogens with zero attached hydrogens (tertiary/aromatic N) is 2. The molecular formula is C38H42N2O5. The SMILES string of the molecule is COc1ccc2c3c1O[C@H]1[C@@H](N(C)C(=O)C=Cc4cccc(C)c4)CC[C@@]4(OC(C)=O)[C@@H](C2)N(CCc2ccccc2)CC[C@]314. The molecule has 0 unspecified atom stereocenters. The highest BCUT2D eigenvalue weighted by Gasteiger charge is 2.75. The molecule has 5 atom stereocenters. The van der Waals surface area contributed by atoms with Crippen LogP contribution in [0, 0.1) is 6.92 Å². The molecule has 3 aromatic rings. The normalized spacial score (nSPS) is 27.9. The molecule has 1 saturated carbocycles. The van der Waals surface area contributed by atoms with Gasteiger partial charge in [0.2, 0.25) is 5.91 Å². The fourth-order valence-corrected chi connectivity index (χ4v) is 8.99. The summed E-state index contributed by atoms with van der Waals surface area (Å²) in [6.45, 7) is 5.31. The number of hydrogen-bond donors (Lipinski definition) is 0. The lowest BCUT2D eigenvalue weighted by Gasteiger charge is -2.65. The Morgan fingerprint density at radius 3 is 2.67 bits per heavy atom. The summed E-state index contributed by atoms with van der Waals surface area (Å²) in [5.41, 5.74) is 4.40. The molecular weight excluding hydrogens is 564 g/mol. The van der Waals surface area contributed by atoms with Gasteiger partial charge in [0, 0.05) is 32.2 Å². The van der Waals surface area contributed by atoms with Crippen LogP contribution in [0.2, 0.25) is 0 Å². The number of hydrogen-bond acceptors (Lipinski definition) is 6. The molecule has 7 rings (SSSR count). The largest absolute Gasteiger partial charge is 0.493 e. The third-order valence-electron chi connectivity index (χ3n) is 10.9. The average molecular weight is 607 g/mol. The van der Waals surface area contributed by atoms with Crippen molar-refractivity contribution < 1.29 is 23.8 Å². The third kappa shape index (κ3) is 4.66. The second-order valence-corrected chi connectivity index (χ2v) is 13.2. The summed E-state index contributed by atoms with van der Waals surface area (Å²) in [7, 11) is 3.55. The first kappa shape index (κ1) is 29.6. The van der Waals surface area contributed by atoms with Crippen LogP contribution in [0.15, 0.2) is 72.8 Å². The minimum Gasteiger partial charge on any atom is -0.493 e. The Hall–Kier alpha value is -4.10. The number of methoxy groups -OCH3 is 1. The van der Waals surface area contributed by atoms with Crippen molar-refractivity contribution in [2.45, 2.75) is 75.2 Å². The number of ether oxygens (including phenoxy) is 3. The third-order valence-corrected chi connectivity index (χ3v) is 10.9. The molecule has 45 heavy (non-hydrogen) atoms. The van der Waals surface area contributed by atoms with E-state index >= 15 is 0 Å². The highest BCUT2D eigenvalue weighted by Crippen LogP contribution is 2.67. The van der Waals surface area contributed by atoms with Gasteiger partial charge in [-0.05, 0) is 74.4 Å². The van der Waals surface area contributed by atoms with Gasteiger partial charge in [-0.2, -0.15) is 0 Å². The van der Waals surface area contributed by atoms with E-state index in [2.05, 4.69) is 41.3 Å². The molecule has 7 nitrogen and oxygen atoms in total. The standard InChI is InChI=1S/C38H42N2O5/c1-25-9-8-12-28(23-25)13-16-33(42)39(3)30-17-19-38(45-26(2)41)32-24-29-14-15-31(43-4)35-34(29)37(38,36(30)44-35)20-22-40(32)21-18-27-10-6-5-7-11-27/h5-16,23,30,32,36H,17-22,24H2,1-4H3/t30-,32+,36-,37-,38+/m0/s1. The van der Waals surface area contributed by atoms with Gasteiger partial charge in [-0.15, -0.1) is 0 Å². The molecule has 3 aromatic carbocycles. The van der Waals surface area contributed by atoms with Crippen LogP contribution in [0.25, 0.3) is 6.08 Å². The van der Waals surface area contributed by atoms with Crippen molar-refractivity contribution in [3.05, 3.63) is 101 Å². The number of likely N-dealkylation sites (N-methyl/N-ethyl adjacent to an activating group) is 1. The van der Waals surface area contributed by atoms with Gasteiger partial charge in [0.1, 0.15) is 11.7 Å². The zero-order chi connectivity index (χ0) is 31.3. The average Bonchev–Trinajstić information content (AvgIpc) is 3.38. The Labute approximate surface area is 265 Å². The van der Waals surface area contributed by atoms with E-state index in [1.165, 1.54) is 18.1 Å². The maximum absolute atomic E-state index is 13.7. The number of benzene rings is 3. The van der Waals surface area contributed by atoms with Gasteiger partial charge < -0.3 is 19.1 Å². The summed E-state index contributed by atoms with van der Waals surface area (Å²) in [5, 5.41) is 0. The summed E-state index contributed by atoms with van der Waals surface area (Å²) in [5.74, 6) is 1.09. The van der Waals surface area contributed by atoms with Crippen molar-refractivity contribution in [3.63, 3.8) is 0 Å². The first-order valence-corrected chi connectivity index (χ1v) is 16.1. The number of aryl methyl sites for hydroxylation is 1. The highest BCUT2D eigenvalue weighted by molar-refractivity contribution is 5.92. The number of piperidine rings is 1. The van der Waals surface area contributed by atoms with Gasteiger partial charge in [-0.1, -0.05) is 66.2 Å². The van der Waals surface area contributed by atoms with Crippen LogP contribution in [0.1, 0.15) is 54.0 Å². The van der Waals surface area contributed by atoms with Crippen LogP contribution in [0.4, 0.5) is 0 Å². The summed E-state index contributed by atoms with van der Waals surface area (Å²) >= 11 is 0. The number of amides is 1. The molecule has 234 valence electrons. The lowest BCUT2D eigenvalue weighted by Crippen LogP contribution is -2.79. The van der Waals surface area contributed by atoms with E-state index in [1.54, 1.807) is 13.2 Å². The Kier molecular flexibility index (Phi) is 7.47. The number of esters is 1. The van der Waals surface area contributed by atoms with Gasteiger partial charge >= 0.3 is 5.97 Å². The van der Waals surface area contributed by atoms with E-state index in [4.69, 9.17) is 14.2 Å². The Morgan fingerprint density at radius 2 is 1.91 bits per heavy atom. The lowest BCUT2D eigenvalue weighted by molar-refractivity contribution is -0.223. The quantitative estimate of drug-likeness (QED) is 0.249. The summed E-state index contributed by atoms with van der Waals surface area (Å²) in [6, 6.07) is 22.6. The molecule has 2 fully saturated rings. The molecule has 1 amide bonds. The van der Waals surface area contributed by atoms with Gasteiger partial charge in [0.05, 0.1) is 24.6 Å². The summed E-state index contributed by atoms with van der Waals surface area (Å²) in [6.07, 6.45) is 6.93. The molecule has 2 bridgehead atoms. The van der Waals surface area contributed by atoms with Crippen molar-refractivity contribution in [3.8, 4) is 11.5 Å². The van der Waals surface area contributed by atoms with E-state index < -0.39 is 11.0 Å². The van der Waals surface area contributed by atoms with E-state index in [9.17, 15) is 9.59 Å². The predicted octanol–water partition coefficient (Wildman–Crippen LogP) is 5.51. The number of likely N-dealkylation sites (tertiary alicyclic amines) is 1. The highest BCUT2D eigenvalue weighted by atomic mass is 16.6. The monoisotopic (exact) mass is 606 g/mol. The van der Waals surface area contributed by atoms with Crippen LogP contribution in [-0.2, 0) is 32.6 Å². The molecule has 0 N–H and O–H groups in total. The van der Waals surface area contributed by atoms with Crippen molar-refractivity contribution >= 4 is 18.0 Å². The van der Waals surface area contributed by atoms with Crippen LogP contribution in [0.3, 0.4) is 0 Å². The van der Waals surface area contributed by atoms with Crippen molar-refractivity contribution in [2.24, 2.45) is 0 Å². The Bertz CT molecular complexity index is 1650. The lowest BCUT2D eigenvalue weighted by atomic mass is 9.48. The first-order valence-electron chi connectivity index (χ1n) is 16.1. The maximum Gasteiger partial charge on any atom is 0.303 e. The van der Waals surface area contributed by atoms with Crippen molar-refractivity contribution in [2.75, 3.05) is 27.2 Å². The molecule has 2 aliphatic carbocycles. The summed E-state index contributed by atoms with van der Waals surface area (Å²) < 4.78 is 19.5. The minimum atomic E-state index is -0.777. The van der Waals surface area contributed by atoms with Crippen molar-refractivity contribution in [1.82, 2.24) is 9.80 Å². The number of carbonyl (C=O) groups excluding carboxylic acids is 2. The molecule has 2 aliphatic heterocycles. The zero-order valence-corrected chi connectivity index (χ0v) is 26.6. The maximum atomic E-state index is 13.7. The van der Waals surface area contributed by atoms with Crippen LogP contribution < -0.4 is 9.47 Å². The zero-order valence-electron chi connectivity index (χ0n) is 26.6. The van der Waals surface area contributed by atoms with Gasteiger partial charge in [0.25, 0.3) is 0 Å². The first-order chi connectivity index (χ1) is 21.8. The predicted molar refractivity (Wildman–Crippen MR) is 173 cm³/mol. The van der Waals surface area contributed by atoms with Crippen molar-refractivity contribution in [1.29, 1.82) is 0 Å². The molecule has 1 saturated heterocycles. The number of carbonyl (C=O) groups is 2. The van der Waals surface area contributed by atoms with Crippen LogP contribution in [0.5, 0.6) is 11.5 Å². The van der Waals surface area contributed by atoms with Crippen LogP contribution >= 0.6 is 0 Å². The molecule has 0 aromatic heterocycles. The second-order valence-electron chi connectivity index (χ2n) is 13.2. The summed E-state index contributed by atoms with van der Waals surface area (Å²) in [4.78, 5) is 31.1. The molecule has 2 heterocycles. The Morgan fingerprint density at radius 1 is 1.09 bits per heavy atom. The molecule has 7 heteroatoms. The smallest absolute Gasteiger partial charge is 0.303 e. The van der Waals surface area contributed by atoms with Gasteiger partial charge in [-0.3, -0.25) is 14.5 Å². The molecule has 4 aliphatic rings. The van der Waals surface area contributed by atoms with E-state index in [1.807, 2.05) is 55.3 Å².